The minimum atomic E-state index is 0.0178. The quantitative estimate of drug-likeness (QED) is 0.792. The summed E-state index contributed by atoms with van der Waals surface area (Å²) < 4.78 is 1.62. The summed E-state index contributed by atoms with van der Waals surface area (Å²) in [5.74, 6) is 0.561. The van der Waals surface area contributed by atoms with Crippen molar-refractivity contribution in [2.45, 2.75) is 71.4 Å². The minimum Gasteiger partial charge on any atom is -0.381 e. The minimum absolute atomic E-state index is 0.0178. The molecule has 0 aromatic carbocycles. The maximum atomic E-state index is 12.1. The SMILES string of the molecule is CCCCC(CC)Cn1ncc(NC2CCC2)cc1=O. The second-order valence-electron chi connectivity index (χ2n) is 5.95. The van der Waals surface area contributed by atoms with E-state index in [2.05, 4.69) is 24.3 Å². The van der Waals surface area contributed by atoms with E-state index in [4.69, 9.17) is 0 Å². The van der Waals surface area contributed by atoms with Crippen molar-refractivity contribution >= 4 is 5.69 Å². The average molecular weight is 277 g/mol. The third-order valence-electron chi connectivity index (χ3n) is 4.32. The Labute approximate surface area is 121 Å². The molecule has 0 spiro atoms. The second kappa shape index (κ2) is 7.46. The summed E-state index contributed by atoms with van der Waals surface area (Å²) in [6, 6.07) is 2.23. The molecule has 1 aliphatic rings. The largest absolute Gasteiger partial charge is 0.381 e. The highest BCUT2D eigenvalue weighted by molar-refractivity contribution is 5.40. The molecule has 4 nitrogen and oxygen atoms in total. The molecule has 1 saturated carbocycles. The summed E-state index contributed by atoms with van der Waals surface area (Å²) >= 11 is 0. The van der Waals surface area contributed by atoms with Crippen LogP contribution >= 0.6 is 0 Å². The number of nitrogens with zero attached hydrogens (tertiary/aromatic N) is 2. The lowest BCUT2D eigenvalue weighted by Gasteiger charge is -2.27. The van der Waals surface area contributed by atoms with Gasteiger partial charge in [-0.3, -0.25) is 4.79 Å². The van der Waals surface area contributed by atoms with E-state index >= 15 is 0 Å². The fraction of sp³-hybridized carbons (Fsp3) is 0.750. The highest BCUT2D eigenvalue weighted by Crippen LogP contribution is 2.22. The van der Waals surface area contributed by atoms with Gasteiger partial charge in [0.1, 0.15) is 0 Å². The lowest BCUT2D eigenvalue weighted by atomic mass is 9.93. The highest BCUT2D eigenvalue weighted by atomic mass is 16.1. The first-order valence-electron chi connectivity index (χ1n) is 8.06. The number of unbranched alkanes of at least 4 members (excludes halogenated alkanes) is 1. The highest BCUT2D eigenvalue weighted by Gasteiger charge is 2.17. The van der Waals surface area contributed by atoms with E-state index in [0.717, 1.165) is 18.7 Å². The van der Waals surface area contributed by atoms with Gasteiger partial charge in [-0.15, -0.1) is 0 Å². The van der Waals surface area contributed by atoms with Crippen LogP contribution in [0.25, 0.3) is 0 Å². The van der Waals surface area contributed by atoms with Crippen LogP contribution < -0.4 is 10.9 Å². The Morgan fingerprint density at radius 1 is 1.45 bits per heavy atom. The molecule has 0 amide bonds. The molecule has 20 heavy (non-hydrogen) atoms. The molecule has 0 saturated heterocycles. The van der Waals surface area contributed by atoms with Crippen LogP contribution in [-0.2, 0) is 6.54 Å². The molecule has 1 aliphatic carbocycles. The second-order valence-corrected chi connectivity index (χ2v) is 5.95. The van der Waals surface area contributed by atoms with E-state index in [0.29, 0.717) is 12.0 Å². The monoisotopic (exact) mass is 277 g/mol. The van der Waals surface area contributed by atoms with Gasteiger partial charge in [0.15, 0.2) is 0 Å². The zero-order valence-corrected chi connectivity index (χ0v) is 12.8. The fourth-order valence-electron chi connectivity index (χ4n) is 2.60. The summed E-state index contributed by atoms with van der Waals surface area (Å²) in [5.41, 5.74) is 0.891. The molecule has 1 atom stereocenters. The van der Waals surface area contributed by atoms with E-state index in [1.165, 1.54) is 38.5 Å². The van der Waals surface area contributed by atoms with Crippen LogP contribution in [0.4, 0.5) is 5.69 Å². The smallest absolute Gasteiger partial charge is 0.268 e. The van der Waals surface area contributed by atoms with Crippen molar-refractivity contribution in [1.29, 1.82) is 0 Å². The predicted molar refractivity (Wildman–Crippen MR) is 83.1 cm³/mol. The van der Waals surface area contributed by atoms with E-state index in [1.807, 2.05) is 0 Å². The Morgan fingerprint density at radius 2 is 2.25 bits per heavy atom. The van der Waals surface area contributed by atoms with Gasteiger partial charge < -0.3 is 5.32 Å². The Balaban J connectivity index is 1.95. The number of hydrogen-bond acceptors (Lipinski definition) is 3. The zero-order valence-electron chi connectivity index (χ0n) is 12.8. The van der Waals surface area contributed by atoms with Gasteiger partial charge in [-0.1, -0.05) is 33.1 Å². The molecule has 1 unspecified atom stereocenters. The van der Waals surface area contributed by atoms with Gasteiger partial charge in [0.2, 0.25) is 0 Å². The van der Waals surface area contributed by atoms with Crippen LogP contribution in [0.15, 0.2) is 17.1 Å². The van der Waals surface area contributed by atoms with Gasteiger partial charge in [-0.2, -0.15) is 5.10 Å². The summed E-state index contributed by atoms with van der Waals surface area (Å²) in [6.45, 7) is 5.15. The van der Waals surface area contributed by atoms with Gasteiger partial charge in [0, 0.05) is 18.7 Å². The standard InChI is InChI=1S/C16H27N3O/c1-3-5-7-13(4-2)12-19-16(20)10-15(11-17-19)18-14-8-6-9-14/h10-11,13-14,18H,3-9,12H2,1-2H3. The molecule has 1 aromatic heterocycles. The number of aromatic nitrogens is 2. The van der Waals surface area contributed by atoms with Crippen molar-refractivity contribution in [2.75, 3.05) is 5.32 Å². The van der Waals surface area contributed by atoms with Gasteiger partial charge >= 0.3 is 0 Å². The van der Waals surface area contributed by atoms with Crippen molar-refractivity contribution < 1.29 is 0 Å². The van der Waals surface area contributed by atoms with E-state index < -0.39 is 0 Å². The van der Waals surface area contributed by atoms with Crippen LogP contribution in [0.1, 0.15) is 58.8 Å². The molecule has 0 aliphatic heterocycles. The van der Waals surface area contributed by atoms with Crippen molar-refractivity contribution in [2.24, 2.45) is 5.92 Å². The van der Waals surface area contributed by atoms with Crippen LogP contribution in [0, 0.1) is 5.92 Å². The molecule has 2 rings (SSSR count). The van der Waals surface area contributed by atoms with Crippen molar-refractivity contribution in [3.8, 4) is 0 Å². The third-order valence-corrected chi connectivity index (χ3v) is 4.32. The first kappa shape index (κ1) is 15.1. The lowest BCUT2D eigenvalue weighted by Crippen LogP contribution is -2.30. The number of rotatable bonds is 8. The fourth-order valence-corrected chi connectivity index (χ4v) is 2.60. The molecule has 112 valence electrons. The van der Waals surface area contributed by atoms with Crippen LogP contribution in [0.2, 0.25) is 0 Å². The first-order valence-corrected chi connectivity index (χ1v) is 8.06. The van der Waals surface area contributed by atoms with Crippen molar-refractivity contribution in [1.82, 2.24) is 9.78 Å². The Kier molecular flexibility index (Phi) is 5.62. The molecule has 4 heteroatoms. The number of hydrogen-bond donors (Lipinski definition) is 1. The topological polar surface area (TPSA) is 46.9 Å². The van der Waals surface area contributed by atoms with E-state index in [-0.39, 0.29) is 5.56 Å². The number of nitrogens with one attached hydrogen (secondary N) is 1. The normalized spacial score (nSPS) is 16.7. The van der Waals surface area contributed by atoms with Gasteiger partial charge in [0.25, 0.3) is 5.56 Å². The van der Waals surface area contributed by atoms with Crippen molar-refractivity contribution in [3.63, 3.8) is 0 Å². The lowest BCUT2D eigenvalue weighted by molar-refractivity contribution is 0.363. The molecular weight excluding hydrogens is 250 g/mol. The molecule has 1 heterocycles. The Morgan fingerprint density at radius 3 is 2.80 bits per heavy atom. The molecule has 0 radical (unpaired) electrons. The van der Waals surface area contributed by atoms with E-state index in [1.54, 1.807) is 16.9 Å². The summed E-state index contributed by atoms with van der Waals surface area (Å²) in [7, 11) is 0. The molecule has 1 fully saturated rings. The maximum Gasteiger partial charge on any atom is 0.268 e. The van der Waals surface area contributed by atoms with Crippen LogP contribution in [-0.4, -0.2) is 15.8 Å². The maximum absolute atomic E-state index is 12.1. The summed E-state index contributed by atoms with van der Waals surface area (Å²) in [5, 5.41) is 7.70. The summed E-state index contributed by atoms with van der Waals surface area (Å²) in [4.78, 5) is 12.1. The van der Waals surface area contributed by atoms with Crippen LogP contribution in [0.3, 0.4) is 0 Å². The number of anilines is 1. The Hall–Kier alpha value is -1.32. The van der Waals surface area contributed by atoms with Gasteiger partial charge in [-0.25, -0.2) is 4.68 Å². The molecule has 1 N–H and O–H groups in total. The van der Waals surface area contributed by atoms with Crippen molar-refractivity contribution in [3.05, 3.63) is 22.6 Å². The average Bonchev–Trinajstić information content (AvgIpc) is 2.41. The molecule has 1 aromatic rings. The Bertz CT molecular complexity index is 465. The molecular formula is C16H27N3O. The predicted octanol–water partition coefficient (Wildman–Crippen LogP) is 3.42. The zero-order chi connectivity index (χ0) is 14.4. The van der Waals surface area contributed by atoms with Crippen LogP contribution in [0.5, 0.6) is 0 Å². The third kappa shape index (κ3) is 4.09. The van der Waals surface area contributed by atoms with Gasteiger partial charge in [0.05, 0.1) is 11.9 Å². The van der Waals surface area contributed by atoms with E-state index in [9.17, 15) is 4.79 Å². The summed E-state index contributed by atoms with van der Waals surface area (Å²) in [6.07, 6.45) is 10.2. The molecule has 0 bridgehead atoms. The van der Waals surface area contributed by atoms with Gasteiger partial charge in [-0.05, 0) is 31.6 Å². The first-order chi connectivity index (χ1) is 9.72.